The van der Waals surface area contributed by atoms with Gasteiger partial charge in [-0.15, -0.1) is 0 Å². The van der Waals surface area contributed by atoms with Crippen molar-refractivity contribution in [1.29, 1.82) is 0 Å². The molecule has 0 saturated heterocycles. The molecule has 0 spiro atoms. The van der Waals surface area contributed by atoms with Crippen molar-refractivity contribution >= 4 is 49.6 Å². The molecule has 1 aromatic heterocycles. The molecule has 0 aliphatic heterocycles. The van der Waals surface area contributed by atoms with E-state index in [1.54, 1.807) is 0 Å². The molecular formula is C58H40N2. The summed E-state index contributed by atoms with van der Waals surface area (Å²) in [6, 6.07) is 87.9. The summed E-state index contributed by atoms with van der Waals surface area (Å²) in [7, 11) is 0. The van der Waals surface area contributed by atoms with E-state index in [0.717, 1.165) is 28.3 Å². The average molecular weight is 765 g/mol. The van der Waals surface area contributed by atoms with Gasteiger partial charge in [0.15, 0.2) is 0 Å². The molecule has 0 amide bonds. The lowest BCUT2D eigenvalue weighted by Crippen LogP contribution is -2.11. The van der Waals surface area contributed by atoms with E-state index in [-0.39, 0.29) is 0 Å². The summed E-state index contributed by atoms with van der Waals surface area (Å²) in [6.45, 7) is 0. The summed E-state index contributed by atoms with van der Waals surface area (Å²) in [5.74, 6) is 0. The largest absolute Gasteiger partial charge is 0.310 e. The fourth-order valence-electron chi connectivity index (χ4n) is 8.98. The van der Waals surface area contributed by atoms with Crippen LogP contribution in [0.3, 0.4) is 0 Å². The van der Waals surface area contributed by atoms with Gasteiger partial charge in [-0.05, 0) is 98.8 Å². The molecule has 0 aliphatic carbocycles. The van der Waals surface area contributed by atoms with E-state index in [0.29, 0.717) is 0 Å². The lowest BCUT2D eigenvalue weighted by Gasteiger charge is -2.29. The Hall–Kier alpha value is -7.94. The van der Waals surface area contributed by atoms with Gasteiger partial charge in [0, 0.05) is 33.3 Å². The lowest BCUT2D eigenvalue weighted by atomic mass is 9.92. The Kier molecular flexibility index (Phi) is 8.87. The molecule has 0 saturated carbocycles. The van der Waals surface area contributed by atoms with Gasteiger partial charge in [-0.3, -0.25) is 0 Å². The number of hydrogen-bond donors (Lipinski definition) is 0. The van der Waals surface area contributed by atoms with E-state index in [9.17, 15) is 0 Å². The number of para-hydroxylation sites is 4. The van der Waals surface area contributed by atoms with Gasteiger partial charge >= 0.3 is 0 Å². The van der Waals surface area contributed by atoms with Crippen LogP contribution in [0.2, 0.25) is 0 Å². The second kappa shape index (κ2) is 15.1. The van der Waals surface area contributed by atoms with Crippen LogP contribution in [0.15, 0.2) is 243 Å². The smallest absolute Gasteiger partial charge is 0.0541 e. The molecule has 10 aromatic carbocycles. The van der Waals surface area contributed by atoms with Crippen LogP contribution in [0.25, 0.3) is 82.8 Å². The van der Waals surface area contributed by atoms with Gasteiger partial charge < -0.3 is 9.47 Å². The standard InChI is InChI=1S/C58H40N2/c1-3-18-42(19-4-1)49-38-37-48(40-54(49)46-32-31-41-17-7-8-22-45(41)39-46)59(55-27-13-9-23-50(55)43-20-5-2-6-21-43)47-35-33-44(34-36-47)51-24-10-14-28-56(51)60-57-29-15-11-25-52(57)53-26-12-16-30-58(53)60/h1-40H. The third-order valence-corrected chi connectivity index (χ3v) is 11.8. The molecule has 0 atom stereocenters. The van der Waals surface area contributed by atoms with Crippen molar-refractivity contribution in [3.05, 3.63) is 243 Å². The first-order valence-electron chi connectivity index (χ1n) is 20.6. The number of nitrogens with zero attached hydrogens (tertiary/aromatic N) is 2. The highest BCUT2D eigenvalue weighted by Crippen LogP contribution is 2.45. The van der Waals surface area contributed by atoms with Gasteiger partial charge in [-0.2, -0.15) is 0 Å². The van der Waals surface area contributed by atoms with Crippen molar-refractivity contribution in [2.45, 2.75) is 0 Å². The van der Waals surface area contributed by atoms with Crippen molar-refractivity contribution in [3.63, 3.8) is 0 Å². The summed E-state index contributed by atoms with van der Waals surface area (Å²) in [5, 5.41) is 4.97. The molecule has 60 heavy (non-hydrogen) atoms. The monoisotopic (exact) mass is 764 g/mol. The molecule has 0 N–H and O–H groups in total. The van der Waals surface area contributed by atoms with Crippen LogP contribution in [0.4, 0.5) is 17.1 Å². The minimum absolute atomic E-state index is 1.08. The number of aromatic nitrogens is 1. The highest BCUT2D eigenvalue weighted by molar-refractivity contribution is 6.09. The van der Waals surface area contributed by atoms with E-state index in [4.69, 9.17) is 0 Å². The molecule has 0 unspecified atom stereocenters. The number of benzene rings is 10. The minimum atomic E-state index is 1.08. The third kappa shape index (κ3) is 6.23. The fraction of sp³-hybridized carbons (Fsp3) is 0. The van der Waals surface area contributed by atoms with Crippen LogP contribution in [-0.2, 0) is 0 Å². The molecule has 11 rings (SSSR count). The number of rotatable bonds is 8. The molecule has 1 heterocycles. The van der Waals surface area contributed by atoms with Crippen molar-refractivity contribution in [1.82, 2.24) is 4.57 Å². The first-order valence-corrected chi connectivity index (χ1v) is 20.6. The highest BCUT2D eigenvalue weighted by atomic mass is 15.1. The summed E-state index contributed by atoms with van der Waals surface area (Å²) < 4.78 is 2.42. The lowest BCUT2D eigenvalue weighted by molar-refractivity contribution is 1.18. The van der Waals surface area contributed by atoms with Crippen LogP contribution < -0.4 is 4.90 Å². The molecule has 0 radical (unpaired) electrons. The van der Waals surface area contributed by atoms with Crippen molar-refractivity contribution in [2.75, 3.05) is 4.90 Å². The Labute approximate surface area is 350 Å². The summed E-state index contributed by atoms with van der Waals surface area (Å²) in [4.78, 5) is 2.42. The zero-order valence-electron chi connectivity index (χ0n) is 33.0. The second-order valence-corrected chi connectivity index (χ2v) is 15.3. The van der Waals surface area contributed by atoms with Gasteiger partial charge in [-0.1, -0.05) is 188 Å². The van der Waals surface area contributed by atoms with E-state index in [1.165, 1.54) is 71.5 Å². The van der Waals surface area contributed by atoms with Crippen LogP contribution in [-0.4, -0.2) is 4.57 Å². The molecule has 2 heteroatoms. The SMILES string of the molecule is c1ccc(-c2ccc(N(c3ccc(-c4ccccc4-n4c5ccccc5c5ccccc54)cc3)c3ccccc3-c3ccccc3)cc2-c2ccc3ccccc3c2)cc1. The molecular weight excluding hydrogens is 725 g/mol. The van der Waals surface area contributed by atoms with E-state index in [1.807, 2.05) is 0 Å². The van der Waals surface area contributed by atoms with Gasteiger partial charge in [0.25, 0.3) is 0 Å². The topological polar surface area (TPSA) is 8.17 Å². The molecule has 0 fully saturated rings. The molecule has 282 valence electrons. The first kappa shape index (κ1) is 35.2. The summed E-state index contributed by atoms with van der Waals surface area (Å²) >= 11 is 0. The van der Waals surface area contributed by atoms with Gasteiger partial charge in [0.1, 0.15) is 0 Å². The van der Waals surface area contributed by atoms with Gasteiger partial charge in [0.2, 0.25) is 0 Å². The second-order valence-electron chi connectivity index (χ2n) is 15.3. The average Bonchev–Trinajstić information content (AvgIpc) is 3.67. The number of fused-ring (bicyclic) bond motifs is 4. The quantitative estimate of drug-likeness (QED) is 0.150. The van der Waals surface area contributed by atoms with Gasteiger partial charge in [-0.25, -0.2) is 0 Å². The van der Waals surface area contributed by atoms with E-state index >= 15 is 0 Å². The maximum atomic E-state index is 2.42. The Morgan fingerprint density at radius 3 is 1.52 bits per heavy atom. The van der Waals surface area contributed by atoms with Crippen molar-refractivity contribution < 1.29 is 0 Å². The first-order chi connectivity index (χ1) is 29.8. The Bertz CT molecular complexity index is 3250. The highest BCUT2D eigenvalue weighted by Gasteiger charge is 2.21. The molecule has 0 bridgehead atoms. The van der Waals surface area contributed by atoms with Crippen molar-refractivity contribution in [2.24, 2.45) is 0 Å². The summed E-state index contributed by atoms with van der Waals surface area (Å²) in [6.07, 6.45) is 0. The number of anilines is 3. The zero-order chi connectivity index (χ0) is 39.8. The summed E-state index contributed by atoms with van der Waals surface area (Å²) in [5.41, 5.74) is 16.3. The Morgan fingerprint density at radius 1 is 0.283 bits per heavy atom. The number of hydrogen-bond acceptors (Lipinski definition) is 1. The van der Waals surface area contributed by atoms with E-state index < -0.39 is 0 Å². The zero-order valence-corrected chi connectivity index (χ0v) is 33.0. The molecule has 0 aliphatic rings. The maximum Gasteiger partial charge on any atom is 0.0541 e. The minimum Gasteiger partial charge on any atom is -0.310 e. The van der Waals surface area contributed by atoms with Gasteiger partial charge in [0.05, 0.1) is 22.4 Å². The fourth-order valence-corrected chi connectivity index (χ4v) is 8.98. The van der Waals surface area contributed by atoms with Crippen LogP contribution >= 0.6 is 0 Å². The molecule has 11 aromatic rings. The Morgan fingerprint density at radius 2 is 0.800 bits per heavy atom. The maximum absolute atomic E-state index is 2.42. The Balaban J connectivity index is 1.09. The van der Waals surface area contributed by atoms with Crippen LogP contribution in [0, 0.1) is 0 Å². The predicted molar refractivity (Wildman–Crippen MR) is 255 cm³/mol. The van der Waals surface area contributed by atoms with Crippen LogP contribution in [0.5, 0.6) is 0 Å². The third-order valence-electron chi connectivity index (χ3n) is 11.8. The molecule has 2 nitrogen and oxygen atoms in total. The van der Waals surface area contributed by atoms with Crippen molar-refractivity contribution in [3.8, 4) is 50.2 Å². The predicted octanol–water partition coefficient (Wildman–Crippen LogP) is 16.1. The van der Waals surface area contributed by atoms with E-state index in [2.05, 4.69) is 252 Å². The normalized spacial score (nSPS) is 11.3. The van der Waals surface area contributed by atoms with Crippen LogP contribution in [0.1, 0.15) is 0 Å².